The van der Waals surface area contributed by atoms with Crippen LogP contribution in [0.1, 0.15) is 42.5 Å². The van der Waals surface area contributed by atoms with E-state index in [-0.39, 0.29) is 17.9 Å². The van der Waals surface area contributed by atoms with Gasteiger partial charge in [0.2, 0.25) is 5.91 Å². The van der Waals surface area contributed by atoms with Crippen molar-refractivity contribution in [3.8, 4) is 0 Å². The van der Waals surface area contributed by atoms with Crippen molar-refractivity contribution in [1.82, 2.24) is 10.6 Å². The summed E-state index contributed by atoms with van der Waals surface area (Å²) in [6.07, 6.45) is 4.91. The highest BCUT2D eigenvalue weighted by atomic mass is 16.2. The predicted molar refractivity (Wildman–Crippen MR) is 93.4 cm³/mol. The number of benzene rings is 1. The van der Waals surface area contributed by atoms with Crippen LogP contribution in [0.2, 0.25) is 0 Å². The van der Waals surface area contributed by atoms with Gasteiger partial charge in [-0.05, 0) is 43.9 Å². The lowest BCUT2D eigenvalue weighted by molar-refractivity contribution is -0.115. The number of hydrogen-bond donors (Lipinski definition) is 3. The maximum Gasteiger partial charge on any atom is 0.251 e. The number of nitrogens with zero attached hydrogens (tertiary/aromatic N) is 1. The Balaban J connectivity index is 1.49. The number of hydrogen-bond acceptors (Lipinski definition) is 4. The standard InChI is InChI=1S/C18H24N4O2/c1-22-7-6-17(23)21-15-8-11(2-5-16(15)22)18(24)20-14-9-12-3-4-13(10-14)19-12/h2,5,8,12-14,19H,3-4,6-7,9-10H2,1H3,(H,20,24)(H,21,23). The number of fused-ring (bicyclic) bond motifs is 3. The lowest BCUT2D eigenvalue weighted by atomic mass is 9.99. The van der Waals surface area contributed by atoms with Crippen LogP contribution in [0, 0.1) is 0 Å². The summed E-state index contributed by atoms with van der Waals surface area (Å²) in [4.78, 5) is 26.5. The molecule has 1 aromatic rings. The van der Waals surface area contributed by atoms with Gasteiger partial charge in [-0.25, -0.2) is 0 Å². The number of nitrogens with one attached hydrogen (secondary N) is 3. The topological polar surface area (TPSA) is 73.5 Å². The van der Waals surface area contributed by atoms with Gasteiger partial charge in [-0.15, -0.1) is 0 Å². The Hall–Kier alpha value is -2.08. The predicted octanol–water partition coefficient (Wildman–Crippen LogP) is 1.48. The number of piperidine rings is 1. The maximum atomic E-state index is 12.6. The first kappa shape index (κ1) is 15.4. The molecule has 0 saturated carbocycles. The molecule has 6 heteroatoms. The molecule has 0 aliphatic carbocycles. The Morgan fingerprint density at radius 2 is 2.00 bits per heavy atom. The summed E-state index contributed by atoms with van der Waals surface area (Å²) in [5.74, 6) is -0.0571. The summed E-state index contributed by atoms with van der Waals surface area (Å²) in [5, 5.41) is 9.67. The summed E-state index contributed by atoms with van der Waals surface area (Å²) in [6.45, 7) is 0.683. The van der Waals surface area contributed by atoms with Gasteiger partial charge in [0.05, 0.1) is 11.4 Å². The molecule has 24 heavy (non-hydrogen) atoms. The maximum absolute atomic E-state index is 12.6. The summed E-state index contributed by atoms with van der Waals surface area (Å²) < 4.78 is 0. The number of rotatable bonds is 2. The van der Waals surface area contributed by atoms with Crippen molar-refractivity contribution in [2.75, 3.05) is 23.8 Å². The first-order chi connectivity index (χ1) is 11.6. The minimum absolute atomic E-state index is 0.00640. The highest BCUT2D eigenvalue weighted by molar-refractivity contribution is 6.01. The van der Waals surface area contributed by atoms with Crippen molar-refractivity contribution >= 4 is 23.2 Å². The molecule has 3 heterocycles. The van der Waals surface area contributed by atoms with Crippen molar-refractivity contribution in [1.29, 1.82) is 0 Å². The van der Waals surface area contributed by atoms with Gasteiger partial charge in [-0.3, -0.25) is 9.59 Å². The van der Waals surface area contributed by atoms with Crippen LogP contribution in [0.4, 0.5) is 11.4 Å². The normalized spacial score (nSPS) is 28.8. The molecule has 2 amide bonds. The minimum Gasteiger partial charge on any atom is -0.372 e. The van der Waals surface area contributed by atoms with E-state index in [1.165, 1.54) is 12.8 Å². The van der Waals surface area contributed by atoms with Crippen molar-refractivity contribution < 1.29 is 9.59 Å². The SMILES string of the molecule is CN1CCC(=O)Nc2cc(C(=O)NC3CC4CCC(C3)N4)ccc21. The second-order valence-corrected chi connectivity index (χ2v) is 7.23. The van der Waals surface area contributed by atoms with Crippen molar-refractivity contribution in [3.63, 3.8) is 0 Å². The summed E-state index contributed by atoms with van der Waals surface area (Å²) >= 11 is 0. The minimum atomic E-state index is -0.0507. The van der Waals surface area contributed by atoms with E-state index in [9.17, 15) is 9.59 Å². The third-order valence-electron chi connectivity index (χ3n) is 5.43. The van der Waals surface area contributed by atoms with Gasteiger partial charge in [0.25, 0.3) is 5.91 Å². The number of carbonyl (C=O) groups is 2. The van der Waals surface area contributed by atoms with E-state index in [0.29, 0.717) is 30.6 Å². The van der Waals surface area contributed by atoms with Crippen molar-refractivity contribution in [2.45, 2.75) is 50.2 Å². The molecule has 2 saturated heterocycles. The van der Waals surface area contributed by atoms with Gasteiger partial charge in [0.15, 0.2) is 0 Å². The molecule has 1 aromatic carbocycles. The lowest BCUT2D eigenvalue weighted by Crippen LogP contribution is -2.48. The van der Waals surface area contributed by atoms with E-state index in [1.807, 2.05) is 24.1 Å². The molecule has 3 aliphatic heterocycles. The van der Waals surface area contributed by atoms with E-state index >= 15 is 0 Å². The Morgan fingerprint density at radius 3 is 2.75 bits per heavy atom. The average Bonchev–Trinajstić information content (AvgIpc) is 2.83. The van der Waals surface area contributed by atoms with E-state index in [0.717, 1.165) is 24.2 Å². The molecule has 0 spiro atoms. The molecular formula is C18H24N4O2. The van der Waals surface area contributed by atoms with E-state index in [1.54, 1.807) is 6.07 Å². The van der Waals surface area contributed by atoms with Crippen LogP contribution in [0.15, 0.2) is 18.2 Å². The zero-order valence-corrected chi connectivity index (χ0v) is 14.0. The average molecular weight is 328 g/mol. The molecule has 2 atom stereocenters. The molecule has 4 rings (SSSR count). The Bertz CT molecular complexity index is 663. The zero-order chi connectivity index (χ0) is 16.7. The fraction of sp³-hybridized carbons (Fsp3) is 0.556. The summed E-state index contributed by atoms with van der Waals surface area (Å²) in [7, 11) is 1.96. The highest BCUT2D eigenvalue weighted by Crippen LogP contribution is 2.30. The van der Waals surface area contributed by atoms with Gasteiger partial charge in [0, 0.05) is 43.7 Å². The molecule has 3 N–H and O–H groups in total. The third-order valence-corrected chi connectivity index (χ3v) is 5.43. The van der Waals surface area contributed by atoms with Crippen LogP contribution >= 0.6 is 0 Å². The molecule has 0 aromatic heterocycles. The van der Waals surface area contributed by atoms with E-state index in [4.69, 9.17) is 0 Å². The van der Waals surface area contributed by atoms with Crippen molar-refractivity contribution in [2.24, 2.45) is 0 Å². The Labute approximate surface area is 142 Å². The molecule has 0 radical (unpaired) electrons. The van der Waals surface area contributed by atoms with E-state index < -0.39 is 0 Å². The molecular weight excluding hydrogens is 304 g/mol. The van der Waals surface area contributed by atoms with Gasteiger partial charge in [0.1, 0.15) is 0 Å². The first-order valence-electron chi connectivity index (χ1n) is 8.80. The fourth-order valence-electron chi connectivity index (χ4n) is 4.16. The largest absolute Gasteiger partial charge is 0.372 e. The van der Waals surface area contributed by atoms with Crippen LogP contribution in [0.25, 0.3) is 0 Å². The highest BCUT2D eigenvalue weighted by Gasteiger charge is 2.34. The fourth-order valence-corrected chi connectivity index (χ4v) is 4.16. The number of amides is 2. The van der Waals surface area contributed by atoms with Crippen molar-refractivity contribution in [3.05, 3.63) is 23.8 Å². The molecule has 128 valence electrons. The van der Waals surface area contributed by atoms with Gasteiger partial charge in [-0.2, -0.15) is 0 Å². The third kappa shape index (κ3) is 2.98. The van der Waals surface area contributed by atoms with Gasteiger partial charge < -0.3 is 20.9 Å². The number of carbonyl (C=O) groups excluding carboxylic acids is 2. The molecule has 2 unspecified atom stereocenters. The quantitative estimate of drug-likeness (QED) is 0.769. The molecule has 2 fully saturated rings. The smallest absolute Gasteiger partial charge is 0.251 e. The second-order valence-electron chi connectivity index (χ2n) is 7.23. The van der Waals surface area contributed by atoms with Gasteiger partial charge in [-0.1, -0.05) is 0 Å². The monoisotopic (exact) mass is 328 g/mol. The second kappa shape index (κ2) is 6.09. The van der Waals surface area contributed by atoms with Gasteiger partial charge >= 0.3 is 0 Å². The number of anilines is 2. The Morgan fingerprint density at radius 1 is 1.25 bits per heavy atom. The lowest BCUT2D eigenvalue weighted by Gasteiger charge is -2.29. The van der Waals surface area contributed by atoms with Crippen LogP contribution < -0.4 is 20.9 Å². The van der Waals surface area contributed by atoms with Crippen LogP contribution in [0.3, 0.4) is 0 Å². The van der Waals surface area contributed by atoms with Crippen LogP contribution in [0.5, 0.6) is 0 Å². The summed E-state index contributed by atoms with van der Waals surface area (Å²) in [6, 6.07) is 6.90. The summed E-state index contributed by atoms with van der Waals surface area (Å²) in [5.41, 5.74) is 2.28. The van der Waals surface area contributed by atoms with Crippen LogP contribution in [-0.4, -0.2) is 43.5 Å². The Kier molecular flexibility index (Phi) is 3.92. The van der Waals surface area contributed by atoms with Crippen LogP contribution in [-0.2, 0) is 4.79 Å². The molecule has 2 bridgehead atoms. The van der Waals surface area contributed by atoms with E-state index in [2.05, 4.69) is 16.0 Å². The molecule has 6 nitrogen and oxygen atoms in total. The zero-order valence-electron chi connectivity index (χ0n) is 14.0. The molecule has 3 aliphatic rings. The first-order valence-corrected chi connectivity index (χ1v) is 8.80.